The highest BCUT2D eigenvalue weighted by molar-refractivity contribution is 6.34. The third-order valence-electron chi connectivity index (χ3n) is 1.96. The van der Waals surface area contributed by atoms with Crippen LogP contribution in [0.4, 0.5) is 0 Å². The number of carboxylic acids is 1. The van der Waals surface area contributed by atoms with Gasteiger partial charge in [-0.3, -0.25) is 4.79 Å². The van der Waals surface area contributed by atoms with Gasteiger partial charge in [0.15, 0.2) is 11.5 Å². The SMILES string of the molecule is COc1ccc(C=CC(=O)O)c(Cl)c1OC(C)=O. The second-order valence-electron chi connectivity index (χ2n) is 3.27. The maximum Gasteiger partial charge on any atom is 0.328 e. The lowest BCUT2D eigenvalue weighted by Crippen LogP contribution is -2.04. The Labute approximate surface area is 109 Å². The molecule has 1 N–H and O–H groups in total. The maximum atomic E-state index is 11.0. The minimum Gasteiger partial charge on any atom is -0.493 e. The Bertz CT molecular complexity index is 507. The molecule has 5 nitrogen and oxygen atoms in total. The number of hydrogen-bond donors (Lipinski definition) is 1. The van der Waals surface area contributed by atoms with Crippen molar-refractivity contribution in [2.75, 3.05) is 7.11 Å². The summed E-state index contributed by atoms with van der Waals surface area (Å²) in [7, 11) is 1.41. The highest BCUT2D eigenvalue weighted by atomic mass is 35.5. The van der Waals surface area contributed by atoms with Gasteiger partial charge in [0.1, 0.15) is 0 Å². The molecule has 1 aromatic rings. The summed E-state index contributed by atoms with van der Waals surface area (Å²) in [6.45, 7) is 1.23. The fraction of sp³-hybridized carbons (Fsp3) is 0.167. The molecule has 0 unspecified atom stereocenters. The van der Waals surface area contributed by atoms with E-state index in [9.17, 15) is 9.59 Å². The van der Waals surface area contributed by atoms with Gasteiger partial charge >= 0.3 is 11.9 Å². The standard InChI is InChI=1S/C12H11ClO5/c1-7(14)18-12-9(17-2)5-3-8(11(12)13)4-6-10(15)16/h3-6H,1-2H3,(H,15,16). The molecule has 0 aliphatic rings. The number of carbonyl (C=O) groups excluding carboxylic acids is 1. The number of benzene rings is 1. The van der Waals surface area contributed by atoms with Crippen molar-refractivity contribution in [2.24, 2.45) is 0 Å². The summed E-state index contributed by atoms with van der Waals surface area (Å²) >= 11 is 6.02. The number of esters is 1. The van der Waals surface area contributed by atoms with Gasteiger partial charge in [-0.25, -0.2) is 4.79 Å². The van der Waals surface area contributed by atoms with Crippen molar-refractivity contribution in [3.63, 3.8) is 0 Å². The largest absolute Gasteiger partial charge is 0.493 e. The molecule has 0 aromatic heterocycles. The first kappa shape index (κ1) is 14.1. The molecule has 6 heteroatoms. The predicted octanol–water partition coefficient (Wildman–Crippen LogP) is 2.37. The van der Waals surface area contributed by atoms with Crippen molar-refractivity contribution in [3.8, 4) is 11.5 Å². The monoisotopic (exact) mass is 270 g/mol. The van der Waals surface area contributed by atoms with E-state index in [0.29, 0.717) is 11.3 Å². The molecule has 0 aliphatic heterocycles. The third kappa shape index (κ3) is 3.49. The van der Waals surface area contributed by atoms with Gasteiger partial charge in [-0.1, -0.05) is 11.6 Å². The fourth-order valence-corrected chi connectivity index (χ4v) is 1.50. The number of halogens is 1. The highest BCUT2D eigenvalue weighted by Crippen LogP contribution is 2.38. The Hall–Kier alpha value is -2.01. The van der Waals surface area contributed by atoms with E-state index >= 15 is 0 Å². The maximum absolute atomic E-state index is 11.0. The smallest absolute Gasteiger partial charge is 0.328 e. The Balaban J connectivity index is 3.24. The normalized spacial score (nSPS) is 10.4. The Morgan fingerprint density at radius 2 is 2.06 bits per heavy atom. The predicted molar refractivity (Wildman–Crippen MR) is 66.0 cm³/mol. The molecule has 0 saturated carbocycles. The zero-order chi connectivity index (χ0) is 13.7. The van der Waals surface area contributed by atoms with E-state index in [0.717, 1.165) is 6.08 Å². The van der Waals surface area contributed by atoms with Crippen LogP contribution in [0.15, 0.2) is 18.2 Å². The summed E-state index contributed by atoms with van der Waals surface area (Å²) in [5.74, 6) is -1.28. The van der Waals surface area contributed by atoms with Crippen molar-refractivity contribution in [2.45, 2.75) is 6.92 Å². The average Bonchev–Trinajstić information content (AvgIpc) is 2.29. The van der Waals surface area contributed by atoms with E-state index in [1.807, 2.05) is 0 Å². The second kappa shape index (κ2) is 6.07. The number of carboxylic acid groups (broad SMARTS) is 1. The first-order chi connectivity index (χ1) is 8.45. The van der Waals surface area contributed by atoms with Crippen LogP contribution in [0, 0.1) is 0 Å². The van der Waals surface area contributed by atoms with Crippen LogP contribution in [0.2, 0.25) is 5.02 Å². The molecular formula is C12H11ClO5. The Kier molecular flexibility index (Phi) is 4.74. The number of ether oxygens (including phenoxy) is 2. The van der Waals surface area contributed by atoms with Gasteiger partial charge < -0.3 is 14.6 Å². The Morgan fingerprint density at radius 1 is 1.39 bits per heavy atom. The van der Waals surface area contributed by atoms with Gasteiger partial charge in [0.2, 0.25) is 0 Å². The highest BCUT2D eigenvalue weighted by Gasteiger charge is 2.14. The summed E-state index contributed by atoms with van der Waals surface area (Å²) in [4.78, 5) is 21.4. The van der Waals surface area contributed by atoms with Gasteiger partial charge in [0, 0.05) is 13.0 Å². The lowest BCUT2D eigenvalue weighted by molar-refractivity contribution is -0.132. The van der Waals surface area contributed by atoms with Crippen molar-refractivity contribution in [1.29, 1.82) is 0 Å². The molecular weight excluding hydrogens is 260 g/mol. The molecule has 0 fully saturated rings. The van der Waals surface area contributed by atoms with Gasteiger partial charge in [0.05, 0.1) is 12.1 Å². The molecule has 0 radical (unpaired) electrons. The number of hydrogen-bond acceptors (Lipinski definition) is 4. The van der Waals surface area contributed by atoms with Gasteiger partial charge in [-0.15, -0.1) is 0 Å². The topological polar surface area (TPSA) is 72.8 Å². The van der Waals surface area contributed by atoms with Crippen molar-refractivity contribution in [1.82, 2.24) is 0 Å². The number of rotatable bonds is 4. The average molecular weight is 271 g/mol. The molecule has 0 spiro atoms. The summed E-state index contributed by atoms with van der Waals surface area (Å²) in [5, 5.41) is 8.65. The molecule has 0 heterocycles. The summed E-state index contributed by atoms with van der Waals surface area (Å²) in [6.07, 6.45) is 2.24. The van der Waals surface area contributed by atoms with Crippen molar-refractivity contribution in [3.05, 3.63) is 28.8 Å². The zero-order valence-corrected chi connectivity index (χ0v) is 10.5. The van der Waals surface area contributed by atoms with E-state index in [1.165, 1.54) is 26.2 Å². The number of aliphatic carboxylic acids is 1. The molecule has 0 amide bonds. The van der Waals surface area contributed by atoms with Crippen LogP contribution in [0.5, 0.6) is 11.5 Å². The molecule has 0 saturated heterocycles. The van der Waals surface area contributed by atoms with Crippen molar-refractivity contribution >= 4 is 29.6 Å². The van der Waals surface area contributed by atoms with Crippen LogP contribution < -0.4 is 9.47 Å². The molecule has 1 aromatic carbocycles. The minimum absolute atomic E-state index is 0.0687. The van der Waals surface area contributed by atoms with Crippen LogP contribution in [0.25, 0.3) is 6.08 Å². The van der Waals surface area contributed by atoms with Gasteiger partial charge in [-0.2, -0.15) is 0 Å². The molecule has 96 valence electrons. The first-order valence-corrected chi connectivity index (χ1v) is 5.29. The quantitative estimate of drug-likeness (QED) is 0.517. The van der Waals surface area contributed by atoms with Gasteiger partial charge in [0.25, 0.3) is 0 Å². The Morgan fingerprint density at radius 3 is 2.56 bits per heavy atom. The van der Waals surface area contributed by atoms with E-state index in [1.54, 1.807) is 6.07 Å². The molecule has 18 heavy (non-hydrogen) atoms. The second-order valence-corrected chi connectivity index (χ2v) is 3.64. The third-order valence-corrected chi connectivity index (χ3v) is 2.35. The molecule has 0 atom stereocenters. The zero-order valence-electron chi connectivity index (χ0n) is 9.77. The van der Waals surface area contributed by atoms with Crippen LogP contribution in [0.1, 0.15) is 12.5 Å². The molecule has 0 bridgehead atoms. The molecule has 0 aliphatic carbocycles. The van der Waals surface area contributed by atoms with E-state index in [4.69, 9.17) is 26.2 Å². The molecule has 1 rings (SSSR count). The van der Waals surface area contributed by atoms with Crippen LogP contribution in [0.3, 0.4) is 0 Å². The van der Waals surface area contributed by atoms with Crippen LogP contribution >= 0.6 is 11.6 Å². The number of carbonyl (C=O) groups is 2. The van der Waals surface area contributed by atoms with Gasteiger partial charge in [-0.05, 0) is 23.8 Å². The summed E-state index contributed by atoms with van der Waals surface area (Å²) in [6, 6.07) is 3.10. The van der Waals surface area contributed by atoms with E-state index < -0.39 is 11.9 Å². The fourth-order valence-electron chi connectivity index (χ4n) is 1.24. The van der Waals surface area contributed by atoms with E-state index in [-0.39, 0.29) is 10.8 Å². The number of methoxy groups -OCH3 is 1. The van der Waals surface area contributed by atoms with E-state index in [2.05, 4.69) is 0 Å². The summed E-state index contributed by atoms with van der Waals surface area (Å²) in [5.41, 5.74) is 0.413. The lowest BCUT2D eigenvalue weighted by Gasteiger charge is -2.11. The first-order valence-electron chi connectivity index (χ1n) is 4.91. The van der Waals surface area contributed by atoms with Crippen LogP contribution in [-0.2, 0) is 9.59 Å². The lowest BCUT2D eigenvalue weighted by atomic mass is 10.2. The summed E-state index contributed by atoms with van der Waals surface area (Å²) < 4.78 is 9.94. The van der Waals surface area contributed by atoms with Crippen molar-refractivity contribution < 1.29 is 24.2 Å². The minimum atomic E-state index is -1.10. The van der Waals surface area contributed by atoms with Crippen LogP contribution in [-0.4, -0.2) is 24.2 Å².